The summed E-state index contributed by atoms with van der Waals surface area (Å²) in [5.74, 6) is -0.444. The van der Waals surface area contributed by atoms with Crippen molar-refractivity contribution in [2.75, 3.05) is 39.5 Å². The number of nitrogens with one attached hydrogen (secondary N) is 1. The fourth-order valence-corrected chi connectivity index (χ4v) is 4.47. The first-order valence-corrected chi connectivity index (χ1v) is 8.67. The number of ether oxygens (including phenoxy) is 3. The molecule has 0 aromatic rings. The molecule has 0 aromatic carbocycles. The summed E-state index contributed by atoms with van der Waals surface area (Å²) in [7, 11) is -3.40. The smallest absolute Gasteiger partial charge is 0.279 e. The second kappa shape index (κ2) is 5.86. The zero-order valence-electron chi connectivity index (χ0n) is 11.5. The molecule has 116 valence electrons. The maximum absolute atomic E-state index is 12.3. The molecule has 2 aliphatic heterocycles. The zero-order valence-corrected chi connectivity index (χ0v) is 12.4. The summed E-state index contributed by atoms with van der Waals surface area (Å²) in [4.78, 5) is 0. The van der Waals surface area contributed by atoms with Gasteiger partial charge >= 0.3 is 0 Å². The van der Waals surface area contributed by atoms with E-state index in [1.54, 1.807) is 0 Å². The number of morpholine rings is 1. The van der Waals surface area contributed by atoms with E-state index in [1.807, 2.05) is 0 Å². The Morgan fingerprint density at radius 3 is 2.20 bits per heavy atom. The van der Waals surface area contributed by atoms with Gasteiger partial charge in [0, 0.05) is 32.0 Å². The standard InChI is InChI=1S/C12H22N2O5S/c15-20(16,14-5-7-17-8-6-14)13-11-1-3-12(4-2-11)18-9-10-19-12/h11,13H,1-10H2. The van der Waals surface area contributed by atoms with Crippen molar-refractivity contribution >= 4 is 10.2 Å². The Bertz CT molecular complexity index is 419. The molecule has 0 bridgehead atoms. The molecule has 1 saturated carbocycles. The highest BCUT2D eigenvalue weighted by atomic mass is 32.2. The molecule has 2 saturated heterocycles. The van der Waals surface area contributed by atoms with Crippen LogP contribution in [0.4, 0.5) is 0 Å². The van der Waals surface area contributed by atoms with E-state index in [-0.39, 0.29) is 6.04 Å². The Balaban J connectivity index is 1.53. The van der Waals surface area contributed by atoms with Crippen molar-refractivity contribution in [3.8, 4) is 0 Å². The van der Waals surface area contributed by atoms with Crippen LogP contribution in [0.25, 0.3) is 0 Å². The van der Waals surface area contributed by atoms with E-state index in [0.29, 0.717) is 39.5 Å². The molecule has 7 nitrogen and oxygen atoms in total. The monoisotopic (exact) mass is 306 g/mol. The lowest BCUT2D eigenvalue weighted by atomic mass is 9.91. The molecule has 0 radical (unpaired) electrons. The van der Waals surface area contributed by atoms with Crippen LogP contribution in [0.15, 0.2) is 0 Å². The molecule has 2 heterocycles. The Morgan fingerprint density at radius 2 is 1.60 bits per heavy atom. The van der Waals surface area contributed by atoms with Gasteiger partial charge in [0.2, 0.25) is 0 Å². The summed E-state index contributed by atoms with van der Waals surface area (Å²) in [5, 5.41) is 0. The molecular formula is C12H22N2O5S. The first-order valence-electron chi connectivity index (χ1n) is 7.23. The van der Waals surface area contributed by atoms with Gasteiger partial charge in [-0.1, -0.05) is 0 Å². The van der Waals surface area contributed by atoms with Gasteiger partial charge in [0.15, 0.2) is 5.79 Å². The highest BCUT2D eigenvalue weighted by Crippen LogP contribution is 2.35. The van der Waals surface area contributed by atoms with Crippen LogP contribution in [0.2, 0.25) is 0 Å². The van der Waals surface area contributed by atoms with Crippen molar-refractivity contribution in [2.45, 2.75) is 37.5 Å². The largest absolute Gasteiger partial charge is 0.379 e. The highest BCUT2D eigenvalue weighted by molar-refractivity contribution is 7.87. The molecule has 1 aliphatic carbocycles. The van der Waals surface area contributed by atoms with E-state index in [2.05, 4.69) is 4.72 Å². The average Bonchev–Trinajstić information content (AvgIpc) is 2.91. The normalized spacial score (nSPS) is 29.0. The zero-order chi connectivity index (χ0) is 14.1. The first kappa shape index (κ1) is 14.7. The molecule has 1 spiro atoms. The van der Waals surface area contributed by atoms with Crippen LogP contribution in [0, 0.1) is 0 Å². The lowest BCUT2D eigenvalue weighted by Gasteiger charge is -2.36. The number of rotatable bonds is 3. The average molecular weight is 306 g/mol. The van der Waals surface area contributed by atoms with E-state index in [1.165, 1.54) is 4.31 Å². The molecule has 3 fully saturated rings. The van der Waals surface area contributed by atoms with Crippen LogP contribution in [-0.2, 0) is 24.4 Å². The number of hydrogen-bond acceptors (Lipinski definition) is 5. The minimum Gasteiger partial charge on any atom is -0.379 e. The minimum absolute atomic E-state index is 0.0266. The van der Waals surface area contributed by atoms with Gasteiger partial charge in [-0.05, 0) is 12.8 Å². The maximum atomic E-state index is 12.3. The second-order valence-corrected chi connectivity index (χ2v) is 7.22. The van der Waals surface area contributed by atoms with Crippen LogP contribution in [0.3, 0.4) is 0 Å². The fraction of sp³-hybridized carbons (Fsp3) is 1.00. The molecule has 1 N–H and O–H groups in total. The molecule has 3 rings (SSSR count). The Hall–Kier alpha value is -0.250. The summed E-state index contributed by atoms with van der Waals surface area (Å²) in [6.07, 6.45) is 3.01. The van der Waals surface area contributed by atoms with Crippen molar-refractivity contribution in [1.29, 1.82) is 0 Å². The third kappa shape index (κ3) is 3.15. The summed E-state index contributed by atoms with van der Waals surface area (Å²) in [6.45, 7) is 3.08. The van der Waals surface area contributed by atoms with Crippen LogP contribution in [-0.4, -0.2) is 64.1 Å². The van der Waals surface area contributed by atoms with Crippen molar-refractivity contribution in [3.63, 3.8) is 0 Å². The highest BCUT2D eigenvalue weighted by Gasteiger charge is 2.41. The van der Waals surface area contributed by atoms with Gasteiger partial charge in [-0.3, -0.25) is 0 Å². The third-order valence-corrected chi connectivity index (χ3v) is 5.86. The van der Waals surface area contributed by atoms with E-state index >= 15 is 0 Å². The Labute approximate surface area is 119 Å². The molecule has 0 amide bonds. The Morgan fingerprint density at radius 1 is 1.00 bits per heavy atom. The van der Waals surface area contributed by atoms with Gasteiger partial charge in [0.25, 0.3) is 10.2 Å². The predicted octanol–water partition coefficient (Wildman–Crippen LogP) is -0.161. The lowest BCUT2D eigenvalue weighted by molar-refractivity contribution is -0.178. The number of hydrogen-bond donors (Lipinski definition) is 1. The summed E-state index contributed by atoms with van der Waals surface area (Å²) >= 11 is 0. The maximum Gasteiger partial charge on any atom is 0.279 e. The van der Waals surface area contributed by atoms with Crippen LogP contribution in [0.1, 0.15) is 25.7 Å². The summed E-state index contributed by atoms with van der Waals surface area (Å²) in [5.41, 5.74) is 0. The van der Waals surface area contributed by atoms with Gasteiger partial charge in [-0.25, -0.2) is 0 Å². The molecule has 0 atom stereocenters. The Kier molecular flexibility index (Phi) is 4.30. The first-order chi connectivity index (χ1) is 9.60. The van der Waals surface area contributed by atoms with Crippen LogP contribution >= 0.6 is 0 Å². The quantitative estimate of drug-likeness (QED) is 0.784. The van der Waals surface area contributed by atoms with E-state index in [0.717, 1.165) is 25.7 Å². The second-order valence-electron chi connectivity index (χ2n) is 5.52. The van der Waals surface area contributed by atoms with Gasteiger partial charge < -0.3 is 14.2 Å². The van der Waals surface area contributed by atoms with Gasteiger partial charge in [-0.15, -0.1) is 0 Å². The van der Waals surface area contributed by atoms with Crippen molar-refractivity contribution in [2.24, 2.45) is 0 Å². The van der Waals surface area contributed by atoms with E-state index < -0.39 is 16.0 Å². The summed E-state index contributed by atoms with van der Waals surface area (Å²) < 4.78 is 45.3. The van der Waals surface area contributed by atoms with Crippen molar-refractivity contribution < 1.29 is 22.6 Å². The molecular weight excluding hydrogens is 284 g/mol. The SMILES string of the molecule is O=S(=O)(NC1CCC2(CC1)OCCO2)N1CCOCC1. The van der Waals surface area contributed by atoms with Gasteiger partial charge in [0.1, 0.15) is 0 Å². The number of nitrogens with zero attached hydrogens (tertiary/aromatic N) is 1. The van der Waals surface area contributed by atoms with Crippen molar-refractivity contribution in [3.05, 3.63) is 0 Å². The fourth-order valence-electron chi connectivity index (χ4n) is 3.03. The molecule has 0 unspecified atom stereocenters. The van der Waals surface area contributed by atoms with E-state index in [4.69, 9.17) is 14.2 Å². The lowest BCUT2D eigenvalue weighted by Crippen LogP contribution is -2.51. The molecule has 3 aliphatic rings. The van der Waals surface area contributed by atoms with Crippen LogP contribution < -0.4 is 4.72 Å². The molecule has 0 aromatic heterocycles. The van der Waals surface area contributed by atoms with E-state index in [9.17, 15) is 8.42 Å². The third-order valence-electron chi connectivity index (χ3n) is 4.19. The van der Waals surface area contributed by atoms with Gasteiger partial charge in [0.05, 0.1) is 26.4 Å². The van der Waals surface area contributed by atoms with Gasteiger partial charge in [-0.2, -0.15) is 17.4 Å². The summed E-state index contributed by atoms with van der Waals surface area (Å²) in [6, 6.07) is -0.0266. The van der Waals surface area contributed by atoms with Crippen molar-refractivity contribution in [1.82, 2.24) is 9.03 Å². The topological polar surface area (TPSA) is 77.1 Å². The molecule has 8 heteroatoms. The minimum atomic E-state index is -3.40. The predicted molar refractivity (Wildman–Crippen MR) is 71.3 cm³/mol. The molecule has 20 heavy (non-hydrogen) atoms. The van der Waals surface area contributed by atoms with Crippen LogP contribution in [0.5, 0.6) is 0 Å².